The fourth-order valence-corrected chi connectivity index (χ4v) is 4.60. The lowest BCUT2D eigenvalue weighted by Gasteiger charge is -2.20. The predicted molar refractivity (Wildman–Crippen MR) is 111 cm³/mol. The third-order valence-corrected chi connectivity index (χ3v) is 5.99. The molecular weight excluding hydrogens is 376 g/mol. The first-order valence-electron chi connectivity index (χ1n) is 9.30. The van der Waals surface area contributed by atoms with Crippen LogP contribution >= 0.6 is 11.3 Å². The molecule has 1 aliphatic carbocycles. The van der Waals surface area contributed by atoms with Gasteiger partial charge < -0.3 is 14.2 Å². The monoisotopic (exact) mass is 402 g/mol. The molecule has 6 nitrogen and oxygen atoms in total. The molecule has 1 aromatic heterocycles. The molecule has 0 bridgehead atoms. The number of hydrogen-bond donors (Lipinski definition) is 0. The first-order chi connectivity index (χ1) is 13.6. The van der Waals surface area contributed by atoms with E-state index in [-0.39, 0.29) is 12.3 Å². The Morgan fingerprint density at radius 1 is 1.18 bits per heavy atom. The van der Waals surface area contributed by atoms with Crippen LogP contribution in [0.4, 0.5) is 5.13 Å². The van der Waals surface area contributed by atoms with E-state index >= 15 is 0 Å². The summed E-state index contributed by atoms with van der Waals surface area (Å²) in [7, 11) is 4.68. The van der Waals surface area contributed by atoms with Crippen molar-refractivity contribution >= 4 is 22.4 Å². The Morgan fingerprint density at radius 3 is 2.57 bits per heavy atom. The van der Waals surface area contributed by atoms with Crippen molar-refractivity contribution < 1.29 is 19.0 Å². The van der Waals surface area contributed by atoms with Gasteiger partial charge in [0.1, 0.15) is 0 Å². The first kappa shape index (κ1) is 20.2. The highest BCUT2D eigenvalue weighted by atomic mass is 32.1. The smallest absolute Gasteiger partial charge is 0.233 e. The second-order valence-corrected chi connectivity index (χ2v) is 7.60. The number of carbonyl (C=O) groups is 1. The fraction of sp³-hybridized carbons (Fsp3) is 0.429. The summed E-state index contributed by atoms with van der Waals surface area (Å²) < 4.78 is 16.3. The Kier molecular flexibility index (Phi) is 6.57. The number of amides is 1. The molecule has 0 unspecified atom stereocenters. The highest BCUT2D eigenvalue weighted by molar-refractivity contribution is 7.16. The van der Waals surface area contributed by atoms with E-state index in [1.54, 1.807) is 49.7 Å². The van der Waals surface area contributed by atoms with Crippen LogP contribution in [0.15, 0.2) is 24.8 Å². The summed E-state index contributed by atoms with van der Waals surface area (Å²) in [6, 6.07) is 3.61. The number of anilines is 1. The Hall–Kier alpha value is -2.54. The van der Waals surface area contributed by atoms with Gasteiger partial charge in [0.2, 0.25) is 11.7 Å². The van der Waals surface area contributed by atoms with Crippen molar-refractivity contribution in [2.45, 2.75) is 32.1 Å². The second kappa shape index (κ2) is 9.10. The molecule has 0 saturated heterocycles. The van der Waals surface area contributed by atoms with Gasteiger partial charge in [-0.15, -0.1) is 17.9 Å². The van der Waals surface area contributed by atoms with Crippen LogP contribution in [-0.4, -0.2) is 38.8 Å². The quantitative estimate of drug-likeness (QED) is 0.629. The molecule has 0 fully saturated rings. The molecule has 3 rings (SSSR count). The average molecular weight is 403 g/mol. The zero-order valence-electron chi connectivity index (χ0n) is 16.6. The SMILES string of the molecule is C=CCN(C(=O)Cc1ccc(OC)c(OC)c1OC)c1nc2c(s1)CCCC2. The van der Waals surface area contributed by atoms with Gasteiger partial charge in [-0.1, -0.05) is 12.1 Å². The van der Waals surface area contributed by atoms with Crippen LogP contribution in [0.2, 0.25) is 0 Å². The summed E-state index contributed by atoms with van der Waals surface area (Å²) in [5, 5.41) is 0.747. The van der Waals surface area contributed by atoms with E-state index in [9.17, 15) is 4.79 Å². The van der Waals surface area contributed by atoms with Gasteiger partial charge in [-0.2, -0.15) is 0 Å². The Labute approximate surface area is 169 Å². The van der Waals surface area contributed by atoms with E-state index in [1.165, 1.54) is 11.3 Å². The van der Waals surface area contributed by atoms with E-state index in [0.29, 0.717) is 23.8 Å². The van der Waals surface area contributed by atoms with Crippen molar-refractivity contribution in [2.75, 3.05) is 32.8 Å². The number of ether oxygens (including phenoxy) is 3. The van der Waals surface area contributed by atoms with E-state index in [4.69, 9.17) is 19.2 Å². The minimum atomic E-state index is -0.0588. The summed E-state index contributed by atoms with van der Waals surface area (Å²) in [4.78, 5) is 20.9. The normalized spacial score (nSPS) is 12.8. The zero-order chi connectivity index (χ0) is 20.1. The van der Waals surface area contributed by atoms with E-state index in [1.807, 2.05) is 6.07 Å². The third kappa shape index (κ3) is 3.99. The molecule has 1 amide bonds. The van der Waals surface area contributed by atoms with E-state index in [0.717, 1.165) is 35.7 Å². The van der Waals surface area contributed by atoms with Crippen molar-refractivity contribution in [2.24, 2.45) is 0 Å². The third-order valence-electron chi connectivity index (χ3n) is 4.81. The standard InChI is InChI=1S/C21H26N2O4S/c1-5-12-23(21-22-15-8-6-7-9-17(15)28-21)18(24)13-14-10-11-16(25-2)20(27-4)19(14)26-3/h5,10-11H,1,6-9,12-13H2,2-4H3. The van der Waals surface area contributed by atoms with E-state index in [2.05, 4.69) is 6.58 Å². The summed E-state index contributed by atoms with van der Waals surface area (Å²) in [5.74, 6) is 1.49. The van der Waals surface area contributed by atoms with Crippen LogP contribution in [0.25, 0.3) is 0 Å². The molecule has 0 aliphatic heterocycles. The van der Waals surface area contributed by atoms with Crippen molar-refractivity contribution in [3.63, 3.8) is 0 Å². The maximum Gasteiger partial charge on any atom is 0.233 e. The largest absolute Gasteiger partial charge is 0.493 e. The minimum absolute atomic E-state index is 0.0588. The van der Waals surface area contributed by atoms with Gasteiger partial charge in [-0.25, -0.2) is 4.98 Å². The van der Waals surface area contributed by atoms with Crippen LogP contribution in [0.5, 0.6) is 17.2 Å². The summed E-state index contributed by atoms with van der Waals surface area (Å²) in [5.41, 5.74) is 1.87. The number of nitrogens with zero attached hydrogens (tertiary/aromatic N) is 2. The van der Waals surface area contributed by atoms with Crippen molar-refractivity contribution in [1.29, 1.82) is 0 Å². The average Bonchev–Trinajstić information content (AvgIpc) is 3.15. The minimum Gasteiger partial charge on any atom is -0.493 e. The lowest BCUT2D eigenvalue weighted by Crippen LogP contribution is -2.32. The molecule has 1 aliphatic rings. The summed E-state index contributed by atoms with van der Waals surface area (Å²) >= 11 is 1.62. The molecule has 0 N–H and O–H groups in total. The molecule has 7 heteroatoms. The fourth-order valence-electron chi connectivity index (χ4n) is 3.43. The van der Waals surface area contributed by atoms with Crippen molar-refractivity contribution in [1.82, 2.24) is 4.98 Å². The van der Waals surface area contributed by atoms with Crippen LogP contribution in [-0.2, 0) is 24.1 Å². The molecule has 28 heavy (non-hydrogen) atoms. The molecule has 1 aromatic carbocycles. The number of benzene rings is 1. The number of rotatable bonds is 8. The number of aromatic nitrogens is 1. The number of methoxy groups -OCH3 is 3. The summed E-state index contributed by atoms with van der Waals surface area (Å²) in [6.45, 7) is 4.22. The van der Waals surface area contributed by atoms with Crippen LogP contribution in [0.3, 0.4) is 0 Å². The second-order valence-electron chi connectivity index (χ2n) is 6.54. The maximum absolute atomic E-state index is 13.2. The Bertz CT molecular complexity index is 839. The van der Waals surface area contributed by atoms with Crippen molar-refractivity contribution in [3.8, 4) is 17.2 Å². The molecule has 1 heterocycles. The van der Waals surface area contributed by atoms with Crippen LogP contribution in [0, 0.1) is 0 Å². The van der Waals surface area contributed by atoms with Gasteiger partial charge in [0, 0.05) is 17.0 Å². The van der Waals surface area contributed by atoms with Crippen LogP contribution in [0.1, 0.15) is 29.0 Å². The molecule has 2 aromatic rings. The Balaban J connectivity index is 1.89. The molecule has 0 spiro atoms. The lowest BCUT2D eigenvalue weighted by molar-refractivity contribution is -0.117. The van der Waals surface area contributed by atoms with Gasteiger partial charge >= 0.3 is 0 Å². The highest BCUT2D eigenvalue weighted by Gasteiger charge is 2.25. The molecular formula is C21H26N2O4S. The van der Waals surface area contributed by atoms with E-state index < -0.39 is 0 Å². The molecule has 0 atom stereocenters. The summed E-state index contributed by atoms with van der Waals surface area (Å²) in [6.07, 6.45) is 6.28. The first-order valence-corrected chi connectivity index (χ1v) is 10.1. The topological polar surface area (TPSA) is 60.9 Å². The predicted octanol–water partition coefficient (Wildman–Crippen LogP) is 3.81. The molecule has 150 valence electrons. The van der Waals surface area contributed by atoms with Crippen LogP contribution < -0.4 is 19.1 Å². The number of hydrogen-bond acceptors (Lipinski definition) is 6. The Morgan fingerprint density at radius 2 is 1.93 bits per heavy atom. The zero-order valence-corrected chi connectivity index (χ0v) is 17.4. The van der Waals surface area contributed by atoms with Crippen molar-refractivity contribution in [3.05, 3.63) is 40.9 Å². The molecule has 0 radical (unpaired) electrons. The molecule has 0 saturated carbocycles. The van der Waals surface area contributed by atoms with Gasteiger partial charge in [-0.3, -0.25) is 9.69 Å². The number of carbonyl (C=O) groups excluding carboxylic acids is 1. The number of thiazole rings is 1. The maximum atomic E-state index is 13.2. The van der Waals surface area contributed by atoms with Gasteiger partial charge in [-0.05, 0) is 31.7 Å². The highest BCUT2D eigenvalue weighted by Crippen LogP contribution is 2.40. The lowest BCUT2D eigenvalue weighted by atomic mass is 10.0. The van der Waals surface area contributed by atoms with Gasteiger partial charge in [0.15, 0.2) is 16.6 Å². The van der Waals surface area contributed by atoms with Gasteiger partial charge in [0.25, 0.3) is 0 Å². The number of fused-ring (bicyclic) bond motifs is 1. The number of aryl methyl sites for hydroxylation is 2. The van der Waals surface area contributed by atoms with Gasteiger partial charge in [0.05, 0.1) is 33.4 Å².